The third kappa shape index (κ3) is 3.95. The molecule has 5 rings (SSSR count). The summed E-state index contributed by atoms with van der Waals surface area (Å²) in [4.78, 5) is 19.0. The lowest BCUT2D eigenvalue weighted by Gasteiger charge is -2.45. The van der Waals surface area contributed by atoms with Gasteiger partial charge in [0.25, 0.3) is 6.43 Å². The Kier molecular flexibility index (Phi) is 6.04. The number of carbonyl (C=O) groups is 1. The Morgan fingerprint density at radius 1 is 1.21 bits per heavy atom. The highest BCUT2D eigenvalue weighted by Crippen LogP contribution is 2.40. The van der Waals surface area contributed by atoms with E-state index in [1.165, 1.54) is 0 Å². The average molecular weight is 470 g/mol. The highest BCUT2D eigenvalue weighted by atomic mass is 19.3. The highest BCUT2D eigenvalue weighted by molar-refractivity contribution is 5.88. The standard InChI is InChI=1S/C26H29F2N3O3/c1-15-11-23(34-2)20(19-9-10-29-24(15)19)13-30-12-18-7-8-21(25(27)28)31(18)14-22(30)16-3-5-17(6-4-16)26(32)33/h3-6,9-11,18,21-22,25,29H,7-8,12-14H2,1-2H3,(H,32,33). The number of rotatable bonds is 6. The zero-order valence-electron chi connectivity index (χ0n) is 19.3. The van der Waals surface area contributed by atoms with Crippen molar-refractivity contribution >= 4 is 16.9 Å². The zero-order chi connectivity index (χ0) is 24.0. The van der Waals surface area contributed by atoms with Crippen molar-refractivity contribution < 1.29 is 23.4 Å². The van der Waals surface area contributed by atoms with Gasteiger partial charge in [-0.25, -0.2) is 13.6 Å². The summed E-state index contributed by atoms with van der Waals surface area (Å²) in [6.07, 6.45) is 0.797. The van der Waals surface area contributed by atoms with Gasteiger partial charge in [0.15, 0.2) is 0 Å². The molecule has 180 valence electrons. The van der Waals surface area contributed by atoms with Crippen molar-refractivity contribution in [1.29, 1.82) is 0 Å². The quantitative estimate of drug-likeness (QED) is 0.541. The number of nitrogens with zero attached hydrogens (tertiary/aromatic N) is 2. The van der Waals surface area contributed by atoms with Crippen LogP contribution in [0.15, 0.2) is 42.6 Å². The lowest BCUT2D eigenvalue weighted by Crippen LogP contribution is -2.54. The molecule has 2 N–H and O–H groups in total. The van der Waals surface area contributed by atoms with Gasteiger partial charge >= 0.3 is 5.97 Å². The van der Waals surface area contributed by atoms with E-state index in [2.05, 4.69) is 16.0 Å². The molecule has 0 radical (unpaired) electrons. The minimum absolute atomic E-state index is 0.0756. The Morgan fingerprint density at radius 2 is 1.97 bits per heavy atom. The second-order valence-corrected chi connectivity index (χ2v) is 9.34. The fraction of sp³-hybridized carbons (Fsp3) is 0.423. The van der Waals surface area contributed by atoms with Crippen LogP contribution < -0.4 is 4.74 Å². The van der Waals surface area contributed by atoms with Crippen LogP contribution in [0, 0.1) is 6.92 Å². The molecule has 3 heterocycles. The van der Waals surface area contributed by atoms with E-state index in [9.17, 15) is 18.7 Å². The molecule has 0 saturated carbocycles. The van der Waals surface area contributed by atoms with E-state index in [0.29, 0.717) is 26.1 Å². The van der Waals surface area contributed by atoms with Crippen LogP contribution in [-0.2, 0) is 6.54 Å². The minimum atomic E-state index is -2.37. The minimum Gasteiger partial charge on any atom is -0.496 e. The molecule has 2 aromatic carbocycles. The van der Waals surface area contributed by atoms with Crippen LogP contribution in [0.3, 0.4) is 0 Å². The van der Waals surface area contributed by atoms with Crippen LogP contribution in [0.5, 0.6) is 5.75 Å². The smallest absolute Gasteiger partial charge is 0.335 e. The maximum atomic E-state index is 13.8. The summed E-state index contributed by atoms with van der Waals surface area (Å²) in [5.74, 6) is -0.174. The number of piperazine rings is 1. The molecule has 0 bridgehead atoms. The van der Waals surface area contributed by atoms with Gasteiger partial charge in [-0.3, -0.25) is 9.80 Å². The van der Waals surface area contributed by atoms with Gasteiger partial charge in [0.05, 0.1) is 18.7 Å². The summed E-state index contributed by atoms with van der Waals surface area (Å²) >= 11 is 0. The van der Waals surface area contributed by atoms with Crippen molar-refractivity contribution in [2.75, 3.05) is 20.2 Å². The number of alkyl halides is 2. The summed E-state index contributed by atoms with van der Waals surface area (Å²) in [5.41, 5.74) is 4.37. The van der Waals surface area contributed by atoms with Gasteiger partial charge in [-0.1, -0.05) is 12.1 Å². The fourth-order valence-electron chi connectivity index (χ4n) is 5.75. The van der Waals surface area contributed by atoms with Crippen LogP contribution in [-0.4, -0.2) is 64.6 Å². The number of benzene rings is 2. The van der Waals surface area contributed by atoms with Crippen molar-refractivity contribution in [3.63, 3.8) is 0 Å². The van der Waals surface area contributed by atoms with Crippen LogP contribution >= 0.6 is 0 Å². The number of methoxy groups -OCH3 is 1. The molecule has 2 saturated heterocycles. The molecule has 2 aliphatic rings. The number of aromatic nitrogens is 1. The molecule has 0 spiro atoms. The number of halogens is 2. The summed E-state index contributed by atoms with van der Waals surface area (Å²) in [5, 5.41) is 10.4. The third-order valence-electron chi connectivity index (χ3n) is 7.49. The molecular weight excluding hydrogens is 440 g/mol. The van der Waals surface area contributed by atoms with Crippen LogP contribution in [0.4, 0.5) is 8.78 Å². The number of hydrogen-bond donors (Lipinski definition) is 2. The topological polar surface area (TPSA) is 68.8 Å². The van der Waals surface area contributed by atoms with E-state index in [1.807, 2.05) is 36.2 Å². The molecule has 3 atom stereocenters. The Morgan fingerprint density at radius 3 is 2.65 bits per heavy atom. The van der Waals surface area contributed by atoms with E-state index in [4.69, 9.17) is 4.74 Å². The maximum absolute atomic E-state index is 13.8. The Labute approximate surface area is 197 Å². The Bertz CT molecular complexity index is 1190. The molecule has 34 heavy (non-hydrogen) atoms. The van der Waals surface area contributed by atoms with Gasteiger partial charge in [0.1, 0.15) is 5.75 Å². The summed E-state index contributed by atoms with van der Waals surface area (Å²) in [6, 6.07) is 10.1. The third-order valence-corrected chi connectivity index (χ3v) is 7.49. The largest absolute Gasteiger partial charge is 0.496 e. The van der Waals surface area contributed by atoms with Gasteiger partial charge in [-0.2, -0.15) is 0 Å². The number of fused-ring (bicyclic) bond motifs is 2. The van der Waals surface area contributed by atoms with Crippen molar-refractivity contribution in [2.24, 2.45) is 0 Å². The van der Waals surface area contributed by atoms with E-state index >= 15 is 0 Å². The zero-order valence-corrected chi connectivity index (χ0v) is 19.3. The summed E-state index contributed by atoms with van der Waals surface area (Å²) < 4.78 is 33.3. The number of aromatic carboxylic acids is 1. The average Bonchev–Trinajstić information content (AvgIpc) is 3.48. The van der Waals surface area contributed by atoms with E-state index < -0.39 is 18.4 Å². The molecule has 2 fully saturated rings. The lowest BCUT2D eigenvalue weighted by molar-refractivity contribution is -0.0227. The molecule has 0 aliphatic carbocycles. The molecule has 0 amide bonds. The number of nitrogens with one attached hydrogen (secondary N) is 1. The van der Waals surface area contributed by atoms with Gasteiger partial charge in [0.2, 0.25) is 0 Å². The number of H-pyrrole nitrogens is 1. The van der Waals surface area contributed by atoms with Crippen molar-refractivity contribution in [3.8, 4) is 5.75 Å². The van der Waals surface area contributed by atoms with Gasteiger partial charge < -0.3 is 14.8 Å². The second-order valence-electron chi connectivity index (χ2n) is 9.34. The Hall–Kier alpha value is -2.97. The van der Waals surface area contributed by atoms with Crippen LogP contribution in [0.25, 0.3) is 10.9 Å². The van der Waals surface area contributed by atoms with Gasteiger partial charge in [-0.05, 0) is 55.2 Å². The first kappa shape index (κ1) is 22.8. The molecule has 1 aromatic heterocycles. The number of ether oxygens (including phenoxy) is 1. The lowest BCUT2D eigenvalue weighted by atomic mass is 9.96. The molecule has 2 aliphatic heterocycles. The van der Waals surface area contributed by atoms with Gasteiger partial charge in [-0.15, -0.1) is 0 Å². The van der Waals surface area contributed by atoms with E-state index in [1.54, 1.807) is 19.2 Å². The first-order chi connectivity index (χ1) is 16.4. The van der Waals surface area contributed by atoms with Gasteiger partial charge in [0, 0.05) is 54.4 Å². The number of aryl methyl sites for hydroxylation is 1. The highest BCUT2D eigenvalue weighted by Gasteiger charge is 2.45. The first-order valence-electron chi connectivity index (χ1n) is 11.6. The number of carboxylic acids is 1. The molecule has 3 aromatic rings. The molecule has 3 unspecified atom stereocenters. The molecule has 6 nitrogen and oxygen atoms in total. The Balaban J connectivity index is 1.53. The van der Waals surface area contributed by atoms with Crippen LogP contribution in [0.2, 0.25) is 0 Å². The van der Waals surface area contributed by atoms with E-state index in [0.717, 1.165) is 39.8 Å². The molecular formula is C26H29F2N3O3. The number of hydrogen-bond acceptors (Lipinski definition) is 4. The second kappa shape index (κ2) is 9.00. The van der Waals surface area contributed by atoms with Crippen molar-refractivity contribution in [1.82, 2.24) is 14.8 Å². The summed E-state index contributed by atoms with van der Waals surface area (Å²) in [6.45, 7) is 3.79. The van der Waals surface area contributed by atoms with Crippen LogP contribution in [0.1, 0.15) is 45.9 Å². The molecule has 8 heteroatoms. The number of carboxylic acid groups (broad SMARTS) is 1. The predicted octanol–water partition coefficient (Wildman–Crippen LogP) is 4.84. The number of aromatic amines is 1. The van der Waals surface area contributed by atoms with Crippen molar-refractivity contribution in [3.05, 3.63) is 64.8 Å². The SMILES string of the molecule is COc1cc(C)c2[nH]ccc2c1CN1CC2CCC(C(F)F)N2CC1c1ccc(C(=O)O)cc1. The maximum Gasteiger partial charge on any atom is 0.335 e. The fourth-order valence-corrected chi connectivity index (χ4v) is 5.75. The van der Waals surface area contributed by atoms with E-state index in [-0.39, 0.29) is 17.6 Å². The first-order valence-corrected chi connectivity index (χ1v) is 11.6. The van der Waals surface area contributed by atoms with Crippen molar-refractivity contribution in [2.45, 2.75) is 50.9 Å². The normalized spacial score (nSPS) is 23.5. The summed E-state index contributed by atoms with van der Waals surface area (Å²) in [7, 11) is 1.67. The predicted molar refractivity (Wildman–Crippen MR) is 126 cm³/mol. The monoisotopic (exact) mass is 469 g/mol.